The van der Waals surface area contributed by atoms with Gasteiger partial charge in [-0.3, -0.25) is 9.35 Å². The highest BCUT2D eigenvalue weighted by atomic mass is 32.2. The van der Waals surface area contributed by atoms with Gasteiger partial charge in [-0.25, -0.2) is 0 Å². The fourth-order valence-corrected chi connectivity index (χ4v) is 7.96. The van der Waals surface area contributed by atoms with E-state index in [0.717, 1.165) is 38.5 Å². The van der Waals surface area contributed by atoms with Crippen molar-refractivity contribution >= 4 is 16.0 Å². The summed E-state index contributed by atoms with van der Waals surface area (Å²) in [5, 5.41) is 13.3. The van der Waals surface area contributed by atoms with Crippen LogP contribution in [0.15, 0.2) is 36.5 Å². The number of carbonyl (C=O) groups excluding carboxylic acids is 1. The maximum absolute atomic E-state index is 12.6. The Kier molecular flexibility index (Phi) is 41.1. The number of hydrogen-bond donors (Lipinski definition) is 3. The van der Waals surface area contributed by atoms with Gasteiger partial charge in [-0.1, -0.05) is 217 Å². The normalized spacial score (nSPS) is 13.5. The van der Waals surface area contributed by atoms with Crippen molar-refractivity contribution in [2.75, 3.05) is 5.75 Å². The molecule has 0 aliphatic heterocycles. The first-order valence-electron chi connectivity index (χ1n) is 23.7. The summed E-state index contributed by atoms with van der Waals surface area (Å²) in [4.78, 5) is 12.6. The summed E-state index contributed by atoms with van der Waals surface area (Å²) in [6.45, 7) is 4.54. The minimum absolute atomic E-state index is 0.287. The minimum atomic E-state index is -4.36. The zero-order valence-electron chi connectivity index (χ0n) is 36.3. The van der Waals surface area contributed by atoms with Gasteiger partial charge in [-0.2, -0.15) is 8.42 Å². The second-order valence-electron chi connectivity index (χ2n) is 16.4. The van der Waals surface area contributed by atoms with E-state index >= 15 is 0 Å². The van der Waals surface area contributed by atoms with Gasteiger partial charge in [0.05, 0.1) is 17.9 Å². The van der Waals surface area contributed by atoms with Gasteiger partial charge in [0.15, 0.2) is 0 Å². The van der Waals surface area contributed by atoms with Crippen LogP contribution in [0, 0.1) is 0 Å². The van der Waals surface area contributed by atoms with Crippen molar-refractivity contribution in [3.8, 4) is 0 Å². The highest BCUT2D eigenvalue weighted by Crippen LogP contribution is 2.15. The molecule has 0 aromatic heterocycles. The van der Waals surface area contributed by atoms with E-state index in [1.807, 2.05) is 6.08 Å². The molecule has 55 heavy (non-hydrogen) atoms. The van der Waals surface area contributed by atoms with Crippen LogP contribution >= 0.6 is 0 Å². The molecule has 0 aromatic rings. The molecule has 0 fully saturated rings. The third-order valence-electron chi connectivity index (χ3n) is 10.8. The Labute approximate surface area is 342 Å². The van der Waals surface area contributed by atoms with Crippen molar-refractivity contribution in [1.82, 2.24) is 5.32 Å². The van der Waals surface area contributed by atoms with Gasteiger partial charge in [-0.15, -0.1) is 0 Å². The summed E-state index contributed by atoms with van der Waals surface area (Å²) in [7, 11) is -4.36. The van der Waals surface area contributed by atoms with Crippen molar-refractivity contribution in [3.63, 3.8) is 0 Å². The second kappa shape index (κ2) is 42.2. The lowest BCUT2D eigenvalue weighted by Crippen LogP contribution is -2.46. The first-order valence-corrected chi connectivity index (χ1v) is 25.3. The maximum atomic E-state index is 12.6. The molecule has 0 bridgehead atoms. The summed E-state index contributed by atoms with van der Waals surface area (Å²) in [6, 6.07) is -1.07. The van der Waals surface area contributed by atoms with Crippen molar-refractivity contribution in [2.24, 2.45) is 0 Å². The van der Waals surface area contributed by atoms with E-state index in [1.54, 1.807) is 0 Å². The molecular formula is C48H91NO5S. The van der Waals surface area contributed by atoms with E-state index in [1.165, 1.54) is 192 Å². The maximum Gasteiger partial charge on any atom is 0.267 e. The van der Waals surface area contributed by atoms with Gasteiger partial charge in [0.2, 0.25) is 5.91 Å². The third kappa shape index (κ3) is 43.5. The Morgan fingerprint density at radius 3 is 1.15 bits per heavy atom. The molecule has 3 N–H and O–H groups in total. The summed E-state index contributed by atoms with van der Waals surface area (Å²) in [5.74, 6) is -0.997. The van der Waals surface area contributed by atoms with E-state index in [-0.39, 0.29) is 12.3 Å². The number of aliphatic hydroxyl groups is 1. The molecule has 0 rings (SSSR count). The third-order valence-corrected chi connectivity index (χ3v) is 11.6. The Morgan fingerprint density at radius 2 is 0.782 bits per heavy atom. The van der Waals surface area contributed by atoms with Crippen LogP contribution in [-0.4, -0.2) is 41.9 Å². The van der Waals surface area contributed by atoms with Gasteiger partial charge in [0.25, 0.3) is 10.1 Å². The van der Waals surface area contributed by atoms with Crippen molar-refractivity contribution in [3.05, 3.63) is 36.5 Å². The molecule has 0 heterocycles. The first kappa shape index (κ1) is 53.6. The molecule has 0 aliphatic rings. The van der Waals surface area contributed by atoms with E-state index in [9.17, 15) is 22.9 Å². The Balaban J connectivity index is 3.87. The van der Waals surface area contributed by atoms with Crippen LogP contribution < -0.4 is 5.32 Å². The van der Waals surface area contributed by atoms with Crippen LogP contribution in [0.4, 0.5) is 0 Å². The van der Waals surface area contributed by atoms with Crippen molar-refractivity contribution < 1.29 is 22.9 Å². The lowest BCUT2D eigenvalue weighted by molar-refractivity contribution is -0.122. The van der Waals surface area contributed by atoms with E-state index in [2.05, 4.69) is 43.5 Å². The quantitative estimate of drug-likeness (QED) is 0.0324. The summed E-state index contributed by atoms with van der Waals surface area (Å²) >= 11 is 0. The molecule has 1 amide bonds. The average molecular weight is 794 g/mol. The van der Waals surface area contributed by atoms with Crippen LogP contribution in [0.5, 0.6) is 0 Å². The van der Waals surface area contributed by atoms with Crippen LogP contribution in [0.25, 0.3) is 0 Å². The molecule has 0 saturated heterocycles. The van der Waals surface area contributed by atoms with Gasteiger partial charge in [0.1, 0.15) is 0 Å². The number of carbonyl (C=O) groups is 1. The highest BCUT2D eigenvalue weighted by molar-refractivity contribution is 7.85. The molecule has 2 atom stereocenters. The van der Waals surface area contributed by atoms with Crippen molar-refractivity contribution in [2.45, 2.75) is 257 Å². The van der Waals surface area contributed by atoms with Crippen molar-refractivity contribution in [1.29, 1.82) is 0 Å². The second-order valence-corrected chi connectivity index (χ2v) is 17.9. The average Bonchev–Trinajstić information content (AvgIpc) is 3.15. The van der Waals surface area contributed by atoms with Gasteiger partial charge >= 0.3 is 0 Å². The number of hydrogen-bond acceptors (Lipinski definition) is 4. The Morgan fingerprint density at radius 1 is 0.473 bits per heavy atom. The van der Waals surface area contributed by atoms with Gasteiger partial charge < -0.3 is 10.4 Å². The number of nitrogens with one attached hydrogen (secondary N) is 1. The van der Waals surface area contributed by atoms with Gasteiger partial charge in [-0.05, 0) is 57.8 Å². The number of amides is 1. The molecule has 324 valence electrons. The first-order chi connectivity index (χ1) is 26.8. The minimum Gasteiger partial charge on any atom is -0.387 e. The predicted molar refractivity (Wildman–Crippen MR) is 239 cm³/mol. The Hall–Kier alpha value is -1.44. The predicted octanol–water partition coefficient (Wildman–Crippen LogP) is 14.5. The summed E-state index contributed by atoms with van der Waals surface area (Å²) in [5.41, 5.74) is 0. The standard InChI is InChI=1S/C48H91NO5S/c1-3-5-7-9-11-13-15-17-19-21-23-24-26-28-30-32-34-36-38-40-42-44-48(51)49-46(45-55(52,53)54)47(50)43-41-39-37-35-33-31-29-27-25-22-20-18-16-14-12-10-8-6-4-2/h21,23,33,35,41,43,46-47,50H,3-20,22,24-32,34,36-40,42,44-45H2,1-2H3,(H,49,51)(H,52,53,54)/b23-21-,35-33+,43-41+. The SMILES string of the molecule is CCCCCCCCCC/C=C\CCCCCCCCCCCC(=O)NC(CS(=O)(=O)O)C(O)/C=C/CC/C=C/CCCCCCCCCCCCCCC. The number of allylic oxidation sites excluding steroid dienone is 5. The van der Waals surface area contributed by atoms with Gasteiger partial charge in [0, 0.05) is 6.42 Å². The van der Waals surface area contributed by atoms with Crippen LogP contribution in [0.3, 0.4) is 0 Å². The molecule has 0 spiro atoms. The fourth-order valence-electron chi connectivity index (χ4n) is 7.23. The fraction of sp³-hybridized carbons (Fsp3) is 0.854. The molecular weight excluding hydrogens is 703 g/mol. The summed E-state index contributed by atoms with van der Waals surface area (Å²) < 4.78 is 32.6. The molecule has 0 saturated carbocycles. The number of unbranched alkanes of at least 4 members (excludes halogenated alkanes) is 31. The number of rotatable bonds is 43. The van der Waals surface area contributed by atoms with E-state index < -0.39 is 28.0 Å². The summed E-state index contributed by atoms with van der Waals surface area (Å²) in [6.07, 6.45) is 55.7. The zero-order chi connectivity index (χ0) is 40.3. The monoisotopic (exact) mass is 794 g/mol. The Bertz CT molecular complexity index is 1010. The van der Waals surface area contributed by atoms with Crippen LogP contribution in [-0.2, 0) is 14.9 Å². The molecule has 0 aliphatic carbocycles. The topological polar surface area (TPSA) is 104 Å². The highest BCUT2D eigenvalue weighted by Gasteiger charge is 2.24. The smallest absolute Gasteiger partial charge is 0.267 e. The molecule has 0 aromatic carbocycles. The molecule has 0 radical (unpaired) electrons. The largest absolute Gasteiger partial charge is 0.387 e. The van der Waals surface area contributed by atoms with Crippen LogP contribution in [0.2, 0.25) is 0 Å². The van der Waals surface area contributed by atoms with E-state index in [4.69, 9.17) is 0 Å². The molecule has 6 nitrogen and oxygen atoms in total. The van der Waals surface area contributed by atoms with Crippen LogP contribution in [0.1, 0.15) is 245 Å². The number of aliphatic hydroxyl groups excluding tert-OH is 1. The lowest BCUT2D eigenvalue weighted by Gasteiger charge is -2.21. The molecule has 7 heteroatoms. The zero-order valence-corrected chi connectivity index (χ0v) is 37.1. The lowest BCUT2D eigenvalue weighted by atomic mass is 10.0. The van der Waals surface area contributed by atoms with E-state index in [0.29, 0.717) is 0 Å². The molecule has 2 unspecified atom stereocenters.